The molecule has 14 heavy (non-hydrogen) atoms. The van der Waals surface area contributed by atoms with Gasteiger partial charge in [-0.1, -0.05) is 0 Å². The zero-order valence-corrected chi connectivity index (χ0v) is 8.76. The summed E-state index contributed by atoms with van der Waals surface area (Å²) in [5, 5.41) is 9.36. The summed E-state index contributed by atoms with van der Waals surface area (Å²) in [5.74, 6) is -2.49. The minimum atomic E-state index is -0.988. The number of halogens is 2. The van der Waals surface area contributed by atoms with Crippen molar-refractivity contribution in [2.24, 2.45) is 0 Å². The molecule has 0 fully saturated rings. The van der Waals surface area contributed by atoms with E-state index in [1.54, 1.807) is 0 Å². The fourth-order valence-electron chi connectivity index (χ4n) is 0.924. The Hall–Kier alpha value is -1.30. The molecule has 1 aromatic rings. The maximum atomic E-state index is 13.3. The summed E-state index contributed by atoms with van der Waals surface area (Å²) in [5.41, 5.74) is 4.45. The number of anilines is 1. The monoisotopic (exact) mass is 263 g/mol. The van der Waals surface area contributed by atoms with Crippen LogP contribution in [0.25, 0.3) is 0 Å². The Morgan fingerprint density at radius 2 is 2.29 bits per heavy atom. The van der Waals surface area contributed by atoms with Gasteiger partial charge in [0.1, 0.15) is 11.3 Å². The largest absolute Gasteiger partial charge is 0.506 e. The summed E-state index contributed by atoms with van der Waals surface area (Å²) in [6.45, 7) is 0. The number of carbonyl (C=O) groups excluding carboxylic acids is 1. The van der Waals surface area contributed by atoms with Crippen LogP contribution >= 0.6 is 15.9 Å². The van der Waals surface area contributed by atoms with E-state index in [-0.39, 0.29) is 10.2 Å². The average Bonchev–Trinajstić information content (AvgIpc) is 2.15. The van der Waals surface area contributed by atoms with Crippen molar-refractivity contribution in [1.82, 2.24) is 0 Å². The first kappa shape index (κ1) is 10.8. The van der Waals surface area contributed by atoms with E-state index in [9.17, 15) is 14.3 Å². The second kappa shape index (κ2) is 3.83. The summed E-state index contributed by atoms with van der Waals surface area (Å²) in [4.78, 5) is 11.1. The summed E-state index contributed by atoms with van der Waals surface area (Å²) in [7, 11) is 1.08. The lowest BCUT2D eigenvalue weighted by Crippen LogP contribution is -2.07. The third-order valence-electron chi connectivity index (χ3n) is 1.61. The summed E-state index contributed by atoms with van der Waals surface area (Å²) in [6, 6.07) is 1.16. The highest BCUT2D eigenvalue weighted by atomic mass is 79.9. The highest BCUT2D eigenvalue weighted by molar-refractivity contribution is 9.10. The zero-order valence-electron chi connectivity index (χ0n) is 7.17. The molecule has 0 heterocycles. The van der Waals surface area contributed by atoms with Crippen LogP contribution in [0.5, 0.6) is 5.75 Å². The lowest BCUT2D eigenvalue weighted by Gasteiger charge is -2.07. The number of hydrogen-bond donors (Lipinski definition) is 2. The van der Waals surface area contributed by atoms with Crippen LogP contribution in [-0.4, -0.2) is 18.2 Å². The number of hydrogen-bond acceptors (Lipinski definition) is 4. The molecule has 0 spiro atoms. The Morgan fingerprint density at radius 3 is 2.79 bits per heavy atom. The third-order valence-corrected chi connectivity index (χ3v) is 2.21. The number of esters is 1. The highest BCUT2D eigenvalue weighted by Crippen LogP contribution is 2.33. The Balaban J connectivity index is 3.47. The maximum absolute atomic E-state index is 13.3. The van der Waals surface area contributed by atoms with Crippen molar-refractivity contribution in [2.75, 3.05) is 12.8 Å². The van der Waals surface area contributed by atoms with Gasteiger partial charge in [0, 0.05) is 0 Å². The second-order valence-electron chi connectivity index (χ2n) is 2.48. The number of ether oxygens (including phenoxy) is 1. The average molecular weight is 264 g/mol. The molecule has 0 radical (unpaired) electrons. The van der Waals surface area contributed by atoms with Crippen molar-refractivity contribution in [3.05, 3.63) is 21.9 Å². The van der Waals surface area contributed by atoms with Crippen molar-refractivity contribution >= 4 is 27.6 Å². The molecule has 0 saturated heterocycles. The fraction of sp³-hybridized carbons (Fsp3) is 0.125. The predicted molar refractivity (Wildman–Crippen MR) is 51.5 cm³/mol. The van der Waals surface area contributed by atoms with E-state index in [2.05, 4.69) is 20.7 Å². The van der Waals surface area contributed by atoms with Gasteiger partial charge in [0.05, 0.1) is 17.3 Å². The van der Waals surface area contributed by atoms with E-state index in [4.69, 9.17) is 5.73 Å². The van der Waals surface area contributed by atoms with E-state index < -0.39 is 23.1 Å². The number of phenolic OH excluding ortho intramolecular Hbond substituents is 1. The zero-order chi connectivity index (χ0) is 10.9. The Kier molecular flexibility index (Phi) is 2.95. The Labute approximate surface area is 87.6 Å². The molecule has 1 aromatic carbocycles. The number of rotatable bonds is 1. The first-order valence-electron chi connectivity index (χ1n) is 3.53. The van der Waals surface area contributed by atoms with Crippen molar-refractivity contribution in [3.8, 4) is 5.75 Å². The molecule has 0 amide bonds. The van der Waals surface area contributed by atoms with E-state index in [1.165, 1.54) is 0 Å². The van der Waals surface area contributed by atoms with E-state index in [0.29, 0.717) is 0 Å². The van der Waals surface area contributed by atoms with Crippen LogP contribution in [0.1, 0.15) is 10.4 Å². The number of phenols is 1. The van der Waals surface area contributed by atoms with Gasteiger partial charge in [0.15, 0.2) is 5.82 Å². The van der Waals surface area contributed by atoms with Crippen molar-refractivity contribution in [1.29, 1.82) is 0 Å². The molecule has 0 unspecified atom stereocenters. The van der Waals surface area contributed by atoms with E-state index in [1.807, 2.05) is 0 Å². The lowest BCUT2D eigenvalue weighted by atomic mass is 10.1. The predicted octanol–water partition coefficient (Wildman–Crippen LogP) is 1.66. The number of nitrogen functional groups attached to an aromatic ring is 1. The van der Waals surface area contributed by atoms with Crippen LogP contribution < -0.4 is 5.73 Å². The summed E-state index contributed by atoms with van der Waals surface area (Å²) < 4.78 is 17.7. The van der Waals surface area contributed by atoms with Gasteiger partial charge in [-0.05, 0) is 22.0 Å². The fourth-order valence-corrected chi connectivity index (χ4v) is 1.37. The second-order valence-corrected chi connectivity index (χ2v) is 3.33. The molecule has 0 aromatic heterocycles. The number of methoxy groups -OCH3 is 1. The molecular formula is C8H7BrFNO3. The smallest absolute Gasteiger partial charge is 0.344 e. The molecule has 76 valence electrons. The maximum Gasteiger partial charge on any atom is 0.344 e. The van der Waals surface area contributed by atoms with Gasteiger partial charge < -0.3 is 15.6 Å². The Morgan fingerprint density at radius 1 is 1.71 bits per heavy atom. The summed E-state index contributed by atoms with van der Waals surface area (Å²) >= 11 is 2.92. The van der Waals surface area contributed by atoms with Gasteiger partial charge in [0.2, 0.25) is 0 Å². The molecule has 0 aliphatic rings. The molecule has 4 nitrogen and oxygen atoms in total. The van der Waals surface area contributed by atoms with Gasteiger partial charge >= 0.3 is 5.97 Å². The molecule has 3 N–H and O–H groups in total. The minimum Gasteiger partial charge on any atom is -0.506 e. The Bertz CT molecular complexity index is 368. The number of aromatic hydroxyl groups is 1. The SMILES string of the molecule is COC(=O)c1c(O)c(Br)cc(N)c1F. The molecular weight excluding hydrogens is 257 g/mol. The molecule has 0 atom stereocenters. The van der Waals surface area contributed by atoms with E-state index in [0.717, 1.165) is 13.2 Å². The first-order chi connectivity index (χ1) is 6.49. The molecule has 0 aliphatic heterocycles. The quantitative estimate of drug-likeness (QED) is 0.459. The number of benzene rings is 1. The molecule has 0 saturated carbocycles. The van der Waals surface area contributed by atoms with Crippen LogP contribution in [-0.2, 0) is 4.74 Å². The van der Waals surface area contributed by atoms with Gasteiger partial charge in [0.25, 0.3) is 0 Å². The van der Waals surface area contributed by atoms with Crippen LogP contribution in [0.4, 0.5) is 10.1 Å². The van der Waals surface area contributed by atoms with Crippen molar-refractivity contribution in [2.45, 2.75) is 0 Å². The first-order valence-corrected chi connectivity index (χ1v) is 4.33. The van der Waals surface area contributed by atoms with E-state index >= 15 is 0 Å². The number of nitrogens with two attached hydrogens (primary N) is 1. The normalized spacial score (nSPS) is 9.93. The van der Waals surface area contributed by atoms with Gasteiger partial charge in [-0.3, -0.25) is 0 Å². The van der Waals surface area contributed by atoms with Crippen LogP contribution in [0.3, 0.4) is 0 Å². The van der Waals surface area contributed by atoms with Crippen molar-refractivity contribution in [3.63, 3.8) is 0 Å². The van der Waals surface area contributed by atoms with Crippen LogP contribution in [0, 0.1) is 5.82 Å². The van der Waals surface area contributed by atoms with Gasteiger partial charge in [-0.15, -0.1) is 0 Å². The lowest BCUT2D eigenvalue weighted by molar-refractivity contribution is 0.0592. The molecule has 0 aliphatic carbocycles. The topological polar surface area (TPSA) is 72.5 Å². The molecule has 1 rings (SSSR count). The molecule has 0 bridgehead atoms. The van der Waals surface area contributed by atoms with Gasteiger partial charge in [-0.25, -0.2) is 9.18 Å². The van der Waals surface area contributed by atoms with Crippen LogP contribution in [0.15, 0.2) is 10.5 Å². The van der Waals surface area contributed by atoms with Crippen molar-refractivity contribution < 1.29 is 19.0 Å². The third kappa shape index (κ3) is 1.65. The highest BCUT2D eigenvalue weighted by Gasteiger charge is 2.22. The number of carbonyl (C=O) groups is 1. The summed E-state index contributed by atoms with van der Waals surface area (Å²) in [6.07, 6.45) is 0. The standard InChI is InChI=1S/C8H7BrFNO3/c1-14-8(13)5-6(10)4(11)2-3(9)7(5)12/h2,12H,11H2,1H3. The van der Waals surface area contributed by atoms with Crippen LogP contribution in [0.2, 0.25) is 0 Å². The minimum absolute atomic E-state index is 0.136. The molecule has 6 heteroatoms. The van der Waals surface area contributed by atoms with Gasteiger partial charge in [-0.2, -0.15) is 0 Å².